The molecule has 4 heterocycles. The van der Waals surface area contributed by atoms with Gasteiger partial charge in [0.25, 0.3) is 0 Å². The molecule has 2 aromatic carbocycles. The van der Waals surface area contributed by atoms with Gasteiger partial charge in [-0.3, -0.25) is 0 Å². The van der Waals surface area contributed by atoms with E-state index in [-0.39, 0.29) is 0 Å². The third-order valence-corrected chi connectivity index (χ3v) is 7.22. The number of hydrogen-bond acceptors (Lipinski definition) is 4. The molecule has 6 rings (SSSR count). The lowest BCUT2D eigenvalue weighted by molar-refractivity contribution is 0.0343. The van der Waals surface area contributed by atoms with Gasteiger partial charge in [-0.15, -0.1) is 0 Å². The van der Waals surface area contributed by atoms with Crippen molar-refractivity contribution < 1.29 is 18.9 Å². The number of ether oxygens (including phenoxy) is 4. The predicted octanol–water partition coefficient (Wildman–Crippen LogP) is 6.26. The van der Waals surface area contributed by atoms with E-state index in [9.17, 15) is 0 Å². The summed E-state index contributed by atoms with van der Waals surface area (Å²) in [6.07, 6.45) is 7.35. The summed E-state index contributed by atoms with van der Waals surface area (Å²) in [4.78, 5) is 0. The third kappa shape index (κ3) is 4.26. The molecule has 2 aromatic rings. The van der Waals surface area contributed by atoms with Crippen LogP contribution in [-0.4, -0.2) is 13.2 Å². The van der Waals surface area contributed by atoms with Gasteiger partial charge in [-0.1, -0.05) is 51.0 Å². The van der Waals surface area contributed by atoms with Crippen molar-refractivity contribution in [3.05, 3.63) is 68.8 Å². The summed E-state index contributed by atoms with van der Waals surface area (Å²) in [5.74, 6) is 0. The Morgan fingerprint density at radius 3 is 1.50 bits per heavy atom. The minimum absolute atomic E-state index is 0.311. The van der Waals surface area contributed by atoms with Crippen LogP contribution >= 0.6 is 0 Å². The van der Waals surface area contributed by atoms with E-state index in [1.165, 1.54) is 57.3 Å². The van der Waals surface area contributed by atoms with Crippen LogP contribution in [0.4, 0.5) is 0 Å². The topological polar surface area (TPSA) is 36.9 Å². The van der Waals surface area contributed by atoms with Crippen molar-refractivity contribution in [2.24, 2.45) is 0 Å². The fraction of sp³-hybridized carbons (Fsp3) is 0.571. The maximum Gasteiger partial charge on any atom is 0.0831 e. The molecule has 0 aliphatic carbocycles. The molecule has 0 aromatic heterocycles. The fourth-order valence-electron chi connectivity index (χ4n) is 5.66. The Bertz CT molecular complexity index is 873. The summed E-state index contributed by atoms with van der Waals surface area (Å²) >= 11 is 0. The van der Waals surface area contributed by atoms with Gasteiger partial charge in [0, 0.05) is 0 Å². The van der Waals surface area contributed by atoms with Crippen LogP contribution in [0.2, 0.25) is 0 Å². The monoisotopic (exact) mass is 436 g/mol. The van der Waals surface area contributed by atoms with Gasteiger partial charge in [0.2, 0.25) is 0 Å². The molecular formula is C28H36O4. The predicted molar refractivity (Wildman–Crippen MR) is 124 cm³/mol. The first-order valence-electron chi connectivity index (χ1n) is 12.5. The van der Waals surface area contributed by atoms with Crippen molar-refractivity contribution >= 4 is 0 Å². The van der Waals surface area contributed by atoms with Crippen molar-refractivity contribution in [2.45, 2.75) is 91.0 Å². The molecule has 0 N–H and O–H groups in total. The second-order valence-electron chi connectivity index (χ2n) is 9.33. The van der Waals surface area contributed by atoms with Gasteiger partial charge in [0.15, 0.2) is 0 Å². The molecule has 4 aliphatic rings. The summed E-state index contributed by atoms with van der Waals surface area (Å²) < 4.78 is 22.9. The number of rotatable bonds is 4. The molecule has 0 unspecified atom stereocenters. The Labute approximate surface area is 192 Å². The molecule has 32 heavy (non-hydrogen) atoms. The maximum atomic E-state index is 5.91. The van der Waals surface area contributed by atoms with E-state index in [0.717, 1.165) is 65.3 Å². The fourth-order valence-corrected chi connectivity index (χ4v) is 5.66. The summed E-state index contributed by atoms with van der Waals surface area (Å²) in [5.41, 5.74) is 11.4. The lowest BCUT2D eigenvalue weighted by Gasteiger charge is -2.28. The molecule has 0 saturated heterocycles. The summed E-state index contributed by atoms with van der Waals surface area (Å²) in [6, 6.07) is 9.01. The van der Waals surface area contributed by atoms with Crippen LogP contribution < -0.4 is 0 Å². The second-order valence-corrected chi connectivity index (χ2v) is 9.33. The number of hydrogen-bond donors (Lipinski definition) is 0. The zero-order valence-electron chi connectivity index (χ0n) is 19.6. The van der Waals surface area contributed by atoms with Crippen LogP contribution in [-0.2, 0) is 58.2 Å². The Hall–Kier alpha value is -1.72. The van der Waals surface area contributed by atoms with Crippen LogP contribution in [0.15, 0.2) is 24.3 Å². The molecule has 0 saturated carbocycles. The smallest absolute Gasteiger partial charge is 0.0831 e. The van der Waals surface area contributed by atoms with Crippen LogP contribution in [0, 0.1) is 0 Å². The van der Waals surface area contributed by atoms with E-state index in [2.05, 4.69) is 38.1 Å². The minimum Gasteiger partial charge on any atom is -0.373 e. The molecule has 4 nitrogen and oxygen atoms in total. The van der Waals surface area contributed by atoms with Gasteiger partial charge < -0.3 is 18.9 Å². The SMILES string of the molecule is CCC[C@@H]1OCCc2ccc3c(c21)COC3.CCC[C@H]1OCCc2ccc3c(c21)COC3. The molecule has 0 bridgehead atoms. The largest absolute Gasteiger partial charge is 0.373 e. The Morgan fingerprint density at radius 2 is 1.06 bits per heavy atom. The Kier molecular flexibility index (Phi) is 6.94. The first kappa shape index (κ1) is 22.1. The highest BCUT2D eigenvalue weighted by molar-refractivity contribution is 5.45. The standard InChI is InChI=1S/2C14H18O2/c2*1-2-3-13-14-10(6-7-16-13)4-5-11-8-15-9-12(11)14/h2*4-5,13H,2-3,6-9H2,1H3/t2*13-/m10/s1. The molecule has 4 heteroatoms. The van der Waals surface area contributed by atoms with E-state index in [4.69, 9.17) is 18.9 Å². The van der Waals surface area contributed by atoms with Gasteiger partial charge in [-0.25, -0.2) is 0 Å². The van der Waals surface area contributed by atoms with Crippen LogP contribution in [0.25, 0.3) is 0 Å². The molecule has 0 radical (unpaired) electrons. The number of fused-ring (bicyclic) bond motifs is 6. The van der Waals surface area contributed by atoms with Crippen molar-refractivity contribution in [3.63, 3.8) is 0 Å². The van der Waals surface area contributed by atoms with E-state index < -0.39 is 0 Å². The second kappa shape index (κ2) is 10.0. The molecule has 0 spiro atoms. The van der Waals surface area contributed by atoms with Crippen molar-refractivity contribution in [3.8, 4) is 0 Å². The highest BCUT2D eigenvalue weighted by Crippen LogP contribution is 2.38. The number of benzene rings is 2. The highest BCUT2D eigenvalue weighted by atomic mass is 16.5. The van der Waals surface area contributed by atoms with Crippen LogP contribution in [0.1, 0.15) is 96.2 Å². The third-order valence-electron chi connectivity index (χ3n) is 7.22. The van der Waals surface area contributed by atoms with E-state index in [1.807, 2.05) is 0 Å². The Morgan fingerprint density at radius 1 is 0.625 bits per heavy atom. The van der Waals surface area contributed by atoms with Crippen molar-refractivity contribution in [2.75, 3.05) is 13.2 Å². The highest BCUT2D eigenvalue weighted by Gasteiger charge is 2.28. The maximum absolute atomic E-state index is 5.91. The summed E-state index contributed by atoms with van der Waals surface area (Å²) in [6.45, 7) is 9.30. The molecule has 2 atom stereocenters. The summed E-state index contributed by atoms with van der Waals surface area (Å²) in [7, 11) is 0. The van der Waals surface area contributed by atoms with E-state index >= 15 is 0 Å². The Balaban J connectivity index is 0.000000135. The quantitative estimate of drug-likeness (QED) is 0.567. The first-order valence-corrected chi connectivity index (χ1v) is 12.5. The van der Waals surface area contributed by atoms with Crippen LogP contribution in [0.3, 0.4) is 0 Å². The minimum atomic E-state index is 0.311. The van der Waals surface area contributed by atoms with Gasteiger partial charge >= 0.3 is 0 Å². The van der Waals surface area contributed by atoms with Crippen LogP contribution in [0.5, 0.6) is 0 Å². The summed E-state index contributed by atoms with van der Waals surface area (Å²) in [5, 5.41) is 0. The zero-order chi connectivity index (χ0) is 21.9. The molecule has 0 fully saturated rings. The van der Waals surface area contributed by atoms with Crippen molar-refractivity contribution in [1.29, 1.82) is 0 Å². The molecular weight excluding hydrogens is 400 g/mol. The van der Waals surface area contributed by atoms with Gasteiger partial charge in [0.05, 0.1) is 51.8 Å². The molecule has 0 amide bonds. The zero-order valence-corrected chi connectivity index (χ0v) is 19.6. The normalized spacial score (nSPS) is 22.9. The van der Waals surface area contributed by atoms with Gasteiger partial charge in [-0.05, 0) is 70.2 Å². The average molecular weight is 437 g/mol. The molecule has 172 valence electrons. The van der Waals surface area contributed by atoms with E-state index in [1.54, 1.807) is 0 Å². The van der Waals surface area contributed by atoms with Crippen molar-refractivity contribution in [1.82, 2.24) is 0 Å². The van der Waals surface area contributed by atoms with Gasteiger partial charge in [0.1, 0.15) is 0 Å². The lowest BCUT2D eigenvalue weighted by atomic mass is 9.89. The van der Waals surface area contributed by atoms with E-state index in [0.29, 0.717) is 12.2 Å². The van der Waals surface area contributed by atoms with Gasteiger partial charge in [-0.2, -0.15) is 0 Å². The lowest BCUT2D eigenvalue weighted by Crippen LogP contribution is -2.18. The average Bonchev–Trinajstić information content (AvgIpc) is 3.49. The molecule has 4 aliphatic heterocycles. The first-order chi connectivity index (χ1) is 15.8.